The molecule has 5 rings (SSSR count). The fraction of sp³-hybridized carbons (Fsp3) is 0.235. The van der Waals surface area contributed by atoms with E-state index in [2.05, 4.69) is 68.3 Å². The molecule has 0 unspecified atom stereocenters. The molecule has 4 aromatic carbocycles. The summed E-state index contributed by atoms with van der Waals surface area (Å²) in [5.74, 6) is 3.46. The van der Waals surface area contributed by atoms with Gasteiger partial charge in [-0.25, -0.2) is 0 Å². The number of rotatable bonds is 0. The number of hydrogen-bond donors (Lipinski definition) is 2. The molecule has 2 N–H and O–H groups in total. The van der Waals surface area contributed by atoms with Crippen LogP contribution in [0.4, 0.5) is 0 Å². The summed E-state index contributed by atoms with van der Waals surface area (Å²) in [6, 6.07) is 25.9. The van der Waals surface area contributed by atoms with Gasteiger partial charge in [0.15, 0.2) is 0 Å². The van der Waals surface area contributed by atoms with Gasteiger partial charge in [0.1, 0.15) is 22.7 Å². The van der Waals surface area contributed by atoms with Gasteiger partial charge in [-0.1, -0.05) is 80.1 Å². The third kappa shape index (κ3) is 21.7. The number of halogens is 2. The van der Waals surface area contributed by atoms with E-state index in [4.69, 9.17) is 44.6 Å². The van der Waals surface area contributed by atoms with Gasteiger partial charge in [-0.3, -0.25) is 0 Å². The van der Waals surface area contributed by atoms with Crippen molar-refractivity contribution in [2.24, 2.45) is 0 Å². The second kappa shape index (κ2) is 29.1. The first-order valence-corrected chi connectivity index (χ1v) is 12.5. The van der Waals surface area contributed by atoms with Gasteiger partial charge in [0.25, 0.3) is 0 Å². The molecule has 3 nitrogen and oxygen atoms in total. The molecule has 0 fully saturated rings. The largest absolute Gasteiger partial charge is 0.508 e. The van der Waals surface area contributed by atoms with Crippen LogP contribution in [0.5, 0.6) is 11.5 Å². The number of phenols is 1. The van der Waals surface area contributed by atoms with Crippen molar-refractivity contribution >= 4 is 50.8 Å². The van der Waals surface area contributed by atoms with Gasteiger partial charge >= 0.3 is 0 Å². The van der Waals surface area contributed by atoms with Gasteiger partial charge in [0.2, 0.25) is 0 Å². The van der Waals surface area contributed by atoms with Crippen molar-refractivity contribution < 1.29 is 175 Å². The average Bonchev–Trinajstić information content (AvgIpc) is 2.84. The molecule has 0 radical (unpaired) electrons. The predicted octanol–water partition coefficient (Wildman–Crippen LogP) is 9.92. The molecule has 0 saturated carbocycles. The van der Waals surface area contributed by atoms with Crippen LogP contribution in [-0.4, -0.2) is 26.8 Å². The Morgan fingerprint density at radius 1 is 0.814 bits per heavy atom. The van der Waals surface area contributed by atoms with Crippen LogP contribution in [-0.2, 0) is 0 Å². The second-order valence-corrected chi connectivity index (χ2v) is 9.88. The Bertz CT molecular complexity index is 1370. The van der Waals surface area contributed by atoms with Crippen molar-refractivity contribution in [2.75, 3.05) is 5.34 Å². The van der Waals surface area contributed by atoms with Crippen molar-refractivity contribution in [3.05, 3.63) is 105 Å². The van der Waals surface area contributed by atoms with Crippen molar-refractivity contribution in [1.29, 1.82) is 0 Å². The third-order valence-electron chi connectivity index (χ3n) is 5.04. The number of aliphatic hydroxyl groups is 1. The van der Waals surface area contributed by atoms with Crippen LogP contribution in [0.25, 0.3) is 27.6 Å². The molecule has 0 bridgehead atoms. The average molecular weight is 1500 g/mol. The van der Waals surface area contributed by atoms with Gasteiger partial charge in [0.05, 0.1) is 5.34 Å². The number of phenolic OH excluding ortho intramolecular Hbond substituents is 1. The molecule has 0 aliphatic carbocycles. The zero-order chi connectivity index (χ0) is 26.8. The molecule has 0 spiro atoms. The SMILES string of the molecule is C.C#CC(C)(C)O.CC1(C)C=Cc2c(ccc3ccccc23)O1.ClCCl.Oc1ccc2ccccc2c1.[CH3-].[CH3-].[Th].[Th].[Th].[Th]. The summed E-state index contributed by atoms with van der Waals surface area (Å²) in [4.78, 5) is 0. The van der Waals surface area contributed by atoms with Crippen LogP contribution in [0.2, 0.25) is 0 Å². The van der Waals surface area contributed by atoms with Crippen LogP contribution >= 0.6 is 23.2 Å². The Labute approximate surface area is 398 Å². The van der Waals surface area contributed by atoms with Crippen molar-refractivity contribution in [3.63, 3.8) is 0 Å². The van der Waals surface area contributed by atoms with Crippen molar-refractivity contribution in [2.45, 2.75) is 46.3 Å². The normalized spacial score (nSPS) is 10.7. The molecule has 43 heavy (non-hydrogen) atoms. The van der Waals surface area contributed by atoms with Crippen LogP contribution in [0.1, 0.15) is 40.7 Å². The van der Waals surface area contributed by atoms with Crippen LogP contribution in [0.3, 0.4) is 0 Å². The smallest absolute Gasteiger partial charge is 0.128 e. The number of benzene rings is 4. The molecule has 9 heteroatoms. The van der Waals surface area contributed by atoms with E-state index in [0.717, 1.165) is 16.5 Å². The fourth-order valence-corrected chi connectivity index (χ4v) is 3.31. The standard InChI is InChI=1S/C15H14O.C10H8O.C5H8O.CH2Cl2.CH4.2CH3.4Th/c1-15(2)10-9-13-12-6-4-3-5-11(12)7-8-14(13)16-15;11-10-6-5-8-3-1-2-4-9(8)7-10;1-4-5(2,3)6;2-1-3;;;;;;;/h3-10H,1-2H3;1-7,11H;1,6H,2-3H3;1H2;1H4;2*1H3;;;;/q;;;;;2*-1;;;;. The summed E-state index contributed by atoms with van der Waals surface area (Å²) in [5, 5.41) is 22.7. The summed E-state index contributed by atoms with van der Waals surface area (Å²) >= 11 is 9.53. The Morgan fingerprint density at radius 3 is 1.77 bits per heavy atom. The van der Waals surface area contributed by atoms with E-state index >= 15 is 0 Å². The van der Waals surface area contributed by atoms with Gasteiger partial charge < -0.3 is 29.8 Å². The molecule has 0 amide bonds. The molecule has 0 atom stereocenters. The van der Waals surface area contributed by atoms with Crippen LogP contribution in [0.15, 0.2) is 84.9 Å². The third-order valence-corrected chi connectivity index (χ3v) is 5.04. The van der Waals surface area contributed by atoms with Gasteiger partial charge in [-0.05, 0) is 73.5 Å². The van der Waals surface area contributed by atoms with Gasteiger partial charge in [-0.15, -0.1) is 29.6 Å². The fourth-order valence-electron chi connectivity index (χ4n) is 3.31. The number of ether oxygens (including phenoxy) is 1. The Balaban J connectivity index is -0.000000113. The summed E-state index contributed by atoms with van der Waals surface area (Å²) in [6.45, 7) is 7.27. The number of fused-ring (bicyclic) bond motifs is 4. The molecule has 1 heterocycles. The monoisotopic (exact) mass is 1500 g/mol. The first-order chi connectivity index (χ1) is 17.0. The van der Waals surface area contributed by atoms with Crippen molar-refractivity contribution in [1.82, 2.24) is 0 Å². The first kappa shape index (κ1) is 57.4. The quantitative estimate of drug-likeness (QED) is 0.105. The topological polar surface area (TPSA) is 49.7 Å². The van der Waals surface area contributed by atoms with E-state index < -0.39 is 5.60 Å². The minimum atomic E-state index is -0.931. The first-order valence-electron chi connectivity index (χ1n) is 11.4. The molecule has 228 valence electrons. The zero-order valence-corrected chi connectivity index (χ0v) is 43.0. The van der Waals surface area contributed by atoms with E-state index in [1.807, 2.05) is 30.3 Å². The predicted molar refractivity (Wildman–Crippen MR) is 175 cm³/mol. The molecule has 0 saturated heterocycles. The Kier molecular flexibility index (Phi) is 38.8. The summed E-state index contributed by atoms with van der Waals surface area (Å²) in [6.07, 6.45) is 9.09. The van der Waals surface area contributed by atoms with Gasteiger partial charge in [0, 0.05) is 165 Å². The van der Waals surface area contributed by atoms with Crippen LogP contribution < -0.4 is 4.74 Å². The maximum Gasteiger partial charge on any atom is 0.128 e. The van der Waals surface area contributed by atoms with E-state index in [1.54, 1.807) is 26.0 Å². The molecule has 1 aliphatic heterocycles. The van der Waals surface area contributed by atoms with Gasteiger partial charge in [-0.2, -0.15) is 0 Å². The Hall–Kier alpha value is 2.14. The second-order valence-electron chi connectivity index (χ2n) is 9.07. The summed E-state index contributed by atoms with van der Waals surface area (Å²) < 4.78 is 5.94. The summed E-state index contributed by atoms with van der Waals surface area (Å²) in [5.41, 5.74) is 0.0626. The number of alkyl halides is 2. The van der Waals surface area contributed by atoms with E-state index in [0.29, 0.717) is 5.75 Å². The number of hydrogen-bond acceptors (Lipinski definition) is 3. The van der Waals surface area contributed by atoms with E-state index in [-0.39, 0.29) is 193 Å². The van der Waals surface area contributed by atoms with Crippen LogP contribution in [0, 0.1) is 187 Å². The Morgan fingerprint density at radius 2 is 1.26 bits per heavy atom. The minimum Gasteiger partial charge on any atom is -0.508 e. The number of terminal acetylenes is 1. The zero-order valence-electron chi connectivity index (χ0n) is 25.0. The van der Waals surface area contributed by atoms with E-state index in [9.17, 15) is 0 Å². The number of aromatic hydroxyl groups is 1. The maximum atomic E-state index is 9.13. The maximum absolute atomic E-state index is 9.13. The molecule has 4 aromatic rings. The molecule has 1 aliphatic rings. The summed E-state index contributed by atoms with van der Waals surface area (Å²) in [7, 11) is 0. The molecular formula is C34H42Cl2O3Th4-2. The molecule has 0 aromatic heterocycles. The van der Waals surface area contributed by atoms with E-state index in [1.165, 1.54) is 16.3 Å². The molecular weight excluding hydrogens is 1460 g/mol. The van der Waals surface area contributed by atoms with Crippen molar-refractivity contribution in [3.8, 4) is 23.8 Å². The minimum absolute atomic E-state index is 0.